The molecule has 2 N–H and O–H groups in total. The molecule has 8 heteroatoms. The Morgan fingerprint density at radius 1 is 1.14 bits per heavy atom. The van der Waals surface area contributed by atoms with Crippen LogP contribution in [-0.2, 0) is 12.0 Å². The number of aromatic nitrogens is 1. The number of aliphatic imine (C=N–C) groups is 1. The third kappa shape index (κ3) is 6.23. The molecule has 6 nitrogen and oxygen atoms in total. The molecule has 0 radical (unpaired) electrons. The molecule has 0 atom stereocenters. The number of halogens is 1. The molecule has 0 aliphatic heterocycles. The molecule has 1 heterocycles. The molecule has 156 valence electrons. The van der Waals surface area contributed by atoms with Gasteiger partial charge in [0.2, 0.25) is 0 Å². The third-order valence-corrected chi connectivity index (χ3v) is 5.64. The fourth-order valence-corrected chi connectivity index (χ4v) is 3.53. The number of nitrogens with zero attached hydrogens (tertiary/aromatic N) is 2. The van der Waals surface area contributed by atoms with Crippen molar-refractivity contribution >= 4 is 41.3 Å². The molecule has 1 aromatic carbocycles. The lowest BCUT2D eigenvalue weighted by molar-refractivity contribution is 0.353. The Bertz CT molecular complexity index is 786. The maximum atomic E-state index is 5.43. The van der Waals surface area contributed by atoms with Crippen molar-refractivity contribution in [3.05, 3.63) is 39.3 Å². The van der Waals surface area contributed by atoms with E-state index < -0.39 is 0 Å². The number of hydrogen-bond donors (Lipinski definition) is 2. The summed E-state index contributed by atoms with van der Waals surface area (Å²) in [4.78, 5) is 10.1. The largest absolute Gasteiger partial charge is 0.493 e. The monoisotopic (exact) mass is 518 g/mol. The minimum Gasteiger partial charge on any atom is -0.493 e. The molecule has 0 saturated carbocycles. The summed E-state index contributed by atoms with van der Waals surface area (Å²) in [7, 11) is 5.07. The van der Waals surface area contributed by atoms with Gasteiger partial charge in [0.15, 0.2) is 17.5 Å². The van der Waals surface area contributed by atoms with E-state index in [-0.39, 0.29) is 29.4 Å². The Kier molecular flexibility index (Phi) is 9.49. The van der Waals surface area contributed by atoms with Crippen molar-refractivity contribution in [2.24, 2.45) is 4.99 Å². The van der Waals surface area contributed by atoms with E-state index in [0.717, 1.165) is 40.3 Å². The van der Waals surface area contributed by atoms with Crippen LogP contribution in [0, 0.1) is 13.8 Å². The van der Waals surface area contributed by atoms with E-state index in [4.69, 9.17) is 9.47 Å². The molecule has 2 aromatic rings. The normalized spacial score (nSPS) is 11.6. The summed E-state index contributed by atoms with van der Waals surface area (Å²) < 4.78 is 10.8. The first-order valence-electron chi connectivity index (χ1n) is 8.90. The summed E-state index contributed by atoms with van der Waals surface area (Å²) in [5.74, 6) is 2.23. The molecule has 2 rings (SSSR count). The molecule has 0 unspecified atom stereocenters. The predicted octanol–water partition coefficient (Wildman–Crippen LogP) is 4.04. The van der Waals surface area contributed by atoms with E-state index in [0.29, 0.717) is 6.54 Å². The first-order valence-corrected chi connectivity index (χ1v) is 9.72. The maximum Gasteiger partial charge on any atom is 0.191 e. The van der Waals surface area contributed by atoms with Gasteiger partial charge in [0, 0.05) is 23.9 Å². The van der Waals surface area contributed by atoms with Gasteiger partial charge in [0.25, 0.3) is 0 Å². The first kappa shape index (κ1) is 24.5. The van der Waals surface area contributed by atoms with Gasteiger partial charge >= 0.3 is 0 Å². The third-order valence-electron chi connectivity index (χ3n) is 4.57. The highest BCUT2D eigenvalue weighted by atomic mass is 127. The fourth-order valence-electron chi connectivity index (χ4n) is 2.66. The van der Waals surface area contributed by atoms with Gasteiger partial charge in [-0.1, -0.05) is 19.9 Å². The van der Waals surface area contributed by atoms with Crippen molar-refractivity contribution in [1.29, 1.82) is 0 Å². The van der Waals surface area contributed by atoms with Crippen molar-refractivity contribution in [3.8, 4) is 11.5 Å². The van der Waals surface area contributed by atoms with Crippen LogP contribution in [0.2, 0.25) is 0 Å². The van der Waals surface area contributed by atoms with Crippen LogP contribution in [-0.4, -0.2) is 38.8 Å². The lowest BCUT2D eigenvalue weighted by atomic mass is 9.84. The number of rotatable bonds is 7. The molecule has 0 aliphatic rings. The summed E-state index contributed by atoms with van der Waals surface area (Å²) in [6.07, 6.45) is 0. The zero-order valence-electron chi connectivity index (χ0n) is 17.7. The van der Waals surface area contributed by atoms with Crippen LogP contribution in [0.1, 0.15) is 35.0 Å². The van der Waals surface area contributed by atoms with Crippen LogP contribution in [0.3, 0.4) is 0 Å². The second-order valence-electron chi connectivity index (χ2n) is 6.98. The molecule has 0 aliphatic carbocycles. The highest BCUT2D eigenvalue weighted by molar-refractivity contribution is 14.0. The minimum absolute atomic E-state index is 0. The van der Waals surface area contributed by atoms with Gasteiger partial charge in [-0.05, 0) is 31.5 Å². The molecule has 28 heavy (non-hydrogen) atoms. The Labute approximate surface area is 189 Å². The Morgan fingerprint density at radius 2 is 1.82 bits per heavy atom. The average molecular weight is 518 g/mol. The predicted molar refractivity (Wildman–Crippen MR) is 128 cm³/mol. The number of methoxy groups -OCH3 is 2. The van der Waals surface area contributed by atoms with Gasteiger partial charge in [-0.3, -0.25) is 4.99 Å². The van der Waals surface area contributed by atoms with E-state index >= 15 is 0 Å². The summed E-state index contributed by atoms with van der Waals surface area (Å²) in [6.45, 7) is 9.88. The van der Waals surface area contributed by atoms with Crippen LogP contribution < -0.4 is 20.1 Å². The first-order chi connectivity index (χ1) is 12.8. The highest BCUT2D eigenvalue weighted by Crippen LogP contribution is 2.32. The quantitative estimate of drug-likeness (QED) is 0.329. The molecule has 0 fully saturated rings. The highest BCUT2D eigenvalue weighted by Gasteiger charge is 2.22. The van der Waals surface area contributed by atoms with Gasteiger partial charge in [-0.15, -0.1) is 35.3 Å². The van der Waals surface area contributed by atoms with Gasteiger partial charge in [0.05, 0.1) is 26.5 Å². The summed E-state index contributed by atoms with van der Waals surface area (Å²) in [5.41, 5.74) is 2.13. The zero-order chi connectivity index (χ0) is 20.0. The van der Waals surface area contributed by atoms with E-state index in [1.807, 2.05) is 19.1 Å². The summed E-state index contributed by atoms with van der Waals surface area (Å²) in [5, 5.41) is 7.80. The van der Waals surface area contributed by atoms with Gasteiger partial charge in [0.1, 0.15) is 5.01 Å². The molecule has 0 saturated heterocycles. The number of aryl methyl sites for hydroxylation is 2. The second kappa shape index (κ2) is 10.8. The van der Waals surface area contributed by atoms with E-state index in [1.54, 1.807) is 32.6 Å². The topological polar surface area (TPSA) is 67.8 Å². The Morgan fingerprint density at radius 3 is 2.36 bits per heavy atom. The van der Waals surface area contributed by atoms with E-state index in [1.165, 1.54) is 4.88 Å². The molecule has 0 amide bonds. The van der Waals surface area contributed by atoms with Crippen LogP contribution in [0.4, 0.5) is 0 Å². The standard InChI is InChI=1S/C20H30N4O2S.HI/c1-13-14(2)27-18(24-13)11-22-19(21-5)23-12-20(3,4)15-8-9-16(25-6)17(10-15)26-7;/h8-10H,11-12H2,1-7H3,(H2,21,22,23);1H. The van der Waals surface area contributed by atoms with E-state index in [2.05, 4.69) is 47.4 Å². The van der Waals surface area contributed by atoms with Crippen molar-refractivity contribution in [3.63, 3.8) is 0 Å². The van der Waals surface area contributed by atoms with Crippen molar-refractivity contribution < 1.29 is 9.47 Å². The van der Waals surface area contributed by atoms with Crippen LogP contribution in [0.5, 0.6) is 11.5 Å². The molecular formula is C20H31IN4O2S. The van der Waals surface area contributed by atoms with Crippen LogP contribution in [0.15, 0.2) is 23.2 Å². The number of hydrogen-bond acceptors (Lipinski definition) is 5. The Hall–Kier alpha value is -1.55. The molecule has 1 aromatic heterocycles. The maximum absolute atomic E-state index is 5.43. The lowest BCUT2D eigenvalue weighted by Crippen LogP contribution is -2.43. The Balaban J connectivity index is 0.00000392. The van der Waals surface area contributed by atoms with Gasteiger partial charge in [-0.25, -0.2) is 4.98 Å². The summed E-state index contributed by atoms with van der Waals surface area (Å²) in [6, 6.07) is 6.04. The molecular weight excluding hydrogens is 487 g/mol. The molecule has 0 bridgehead atoms. The SMILES string of the molecule is CN=C(NCc1nc(C)c(C)s1)NCC(C)(C)c1ccc(OC)c(OC)c1.I. The smallest absolute Gasteiger partial charge is 0.191 e. The lowest BCUT2D eigenvalue weighted by Gasteiger charge is -2.27. The minimum atomic E-state index is -0.120. The van der Waals surface area contributed by atoms with Crippen molar-refractivity contribution in [2.75, 3.05) is 27.8 Å². The fraction of sp³-hybridized carbons (Fsp3) is 0.500. The zero-order valence-corrected chi connectivity index (χ0v) is 20.8. The second-order valence-corrected chi connectivity index (χ2v) is 8.27. The summed E-state index contributed by atoms with van der Waals surface area (Å²) >= 11 is 1.71. The number of nitrogens with one attached hydrogen (secondary N) is 2. The number of thiazole rings is 1. The van der Waals surface area contributed by atoms with Gasteiger partial charge < -0.3 is 20.1 Å². The van der Waals surface area contributed by atoms with E-state index in [9.17, 15) is 0 Å². The molecule has 0 spiro atoms. The van der Waals surface area contributed by atoms with Crippen LogP contribution >= 0.6 is 35.3 Å². The number of ether oxygens (including phenoxy) is 2. The van der Waals surface area contributed by atoms with Gasteiger partial charge in [-0.2, -0.15) is 0 Å². The van der Waals surface area contributed by atoms with Crippen molar-refractivity contribution in [1.82, 2.24) is 15.6 Å². The average Bonchev–Trinajstić information content (AvgIpc) is 2.98. The number of guanidine groups is 1. The van der Waals surface area contributed by atoms with Crippen LogP contribution in [0.25, 0.3) is 0 Å². The van der Waals surface area contributed by atoms with Crippen molar-refractivity contribution in [2.45, 2.75) is 39.7 Å². The number of benzene rings is 1.